The average molecular weight is 559 g/mol. The summed E-state index contributed by atoms with van der Waals surface area (Å²) in [5.74, 6) is -1.22. The molecule has 0 spiro atoms. The lowest BCUT2D eigenvalue weighted by molar-refractivity contribution is -0.119. The molecule has 2 amide bonds. The number of nitrogens with one attached hydrogen (secondary N) is 2. The fourth-order valence-electron chi connectivity index (χ4n) is 4.86. The summed E-state index contributed by atoms with van der Waals surface area (Å²) in [6, 6.07) is 5.53. The van der Waals surface area contributed by atoms with E-state index in [2.05, 4.69) is 30.7 Å². The number of likely N-dealkylation sites (N-methyl/N-ethyl adjacent to an activating group) is 1. The Morgan fingerprint density at radius 2 is 1.97 bits per heavy atom. The van der Waals surface area contributed by atoms with Gasteiger partial charge < -0.3 is 20.0 Å². The summed E-state index contributed by atoms with van der Waals surface area (Å²) in [6.45, 7) is 3.38. The number of rotatable bonds is 6. The van der Waals surface area contributed by atoms with E-state index in [0.29, 0.717) is 46.6 Å². The molecule has 2 N–H and O–H groups in total. The zero-order valence-electron chi connectivity index (χ0n) is 21.0. The molecule has 3 aromatic rings. The minimum atomic E-state index is -0.927. The second-order valence-electron chi connectivity index (χ2n) is 9.75. The summed E-state index contributed by atoms with van der Waals surface area (Å²) < 4.78 is 20.4. The second kappa shape index (κ2) is 11.3. The van der Waals surface area contributed by atoms with Gasteiger partial charge in [0.2, 0.25) is 11.8 Å². The van der Waals surface area contributed by atoms with E-state index in [0.717, 1.165) is 36.2 Å². The minimum absolute atomic E-state index is 0.0951. The minimum Gasteiger partial charge on any atom is -0.425 e. The van der Waals surface area contributed by atoms with E-state index in [1.165, 1.54) is 11.3 Å². The van der Waals surface area contributed by atoms with Gasteiger partial charge in [0.05, 0.1) is 11.7 Å². The van der Waals surface area contributed by atoms with Gasteiger partial charge in [0.25, 0.3) is 11.8 Å². The van der Waals surface area contributed by atoms with Gasteiger partial charge in [-0.25, -0.2) is 9.37 Å². The maximum absolute atomic E-state index is 14.8. The first-order chi connectivity index (χ1) is 18.2. The van der Waals surface area contributed by atoms with Crippen molar-refractivity contribution in [2.24, 2.45) is 0 Å². The van der Waals surface area contributed by atoms with E-state index in [1.807, 2.05) is 7.05 Å². The SMILES string of the molecule is Cc1nnc([C@H]2CC[C@H](NC(=O)C(F)=Cc3ccc(Cl)cc3)[C@H](NC(=O)c3nc4c(s3)CN(C)CC4)C2)o1. The van der Waals surface area contributed by atoms with Gasteiger partial charge in [-0.05, 0) is 50.1 Å². The molecule has 1 saturated carbocycles. The first kappa shape index (κ1) is 26.5. The van der Waals surface area contributed by atoms with Gasteiger partial charge in [-0.15, -0.1) is 21.5 Å². The fourth-order valence-corrected chi connectivity index (χ4v) is 6.08. The molecule has 12 heteroatoms. The lowest BCUT2D eigenvalue weighted by Crippen LogP contribution is -2.54. The van der Waals surface area contributed by atoms with Crippen LogP contribution in [0.1, 0.15) is 62.9 Å². The van der Waals surface area contributed by atoms with Gasteiger partial charge >= 0.3 is 0 Å². The van der Waals surface area contributed by atoms with Crippen LogP contribution in [0.3, 0.4) is 0 Å². The van der Waals surface area contributed by atoms with Crippen molar-refractivity contribution in [3.8, 4) is 0 Å². The molecule has 5 rings (SSSR count). The highest BCUT2D eigenvalue weighted by molar-refractivity contribution is 7.13. The zero-order valence-corrected chi connectivity index (χ0v) is 22.6. The first-order valence-corrected chi connectivity index (χ1v) is 13.7. The molecule has 1 aliphatic carbocycles. The third-order valence-corrected chi connectivity index (χ3v) is 8.20. The maximum Gasteiger partial charge on any atom is 0.280 e. The molecule has 1 aliphatic heterocycles. The van der Waals surface area contributed by atoms with E-state index >= 15 is 0 Å². The molecule has 1 fully saturated rings. The van der Waals surface area contributed by atoms with Crippen LogP contribution in [0, 0.1) is 6.92 Å². The predicted molar refractivity (Wildman–Crippen MR) is 142 cm³/mol. The molecule has 2 aliphatic rings. The molecule has 0 radical (unpaired) electrons. The number of nitrogens with zero attached hydrogens (tertiary/aromatic N) is 4. The normalized spacial score (nSPS) is 22.1. The second-order valence-corrected chi connectivity index (χ2v) is 11.3. The molecule has 2 aromatic heterocycles. The fraction of sp³-hybridized carbons (Fsp3) is 0.423. The van der Waals surface area contributed by atoms with Crippen molar-refractivity contribution in [2.45, 2.75) is 57.2 Å². The lowest BCUT2D eigenvalue weighted by Gasteiger charge is -2.35. The summed E-state index contributed by atoms with van der Waals surface area (Å²) in [5.41, 5.74) is 1.47. The van der Waals surface area contributed by atoms with Crippen molar-refractivity contribution in [2.75, 3.05) is 13.6 Å². The van der Waals surface area contributed by atoms with Gasteiger partial charge in [0.15, 0.2) is 10.8 Å². The van der Waals surface area contributed by atoms with Gasteiger partial charge in [0.1, 0.15) is 0 Å². The van der Waals surface area contributed by atoms with Crippen LogP contribution in [-0.2, 0) is 17.8 Å². The number of aryl methyl sites for hydroxylation is 1. The number of benzene rings is 1. The Bertz CT molecular complexity index is 1360. The monoisotopic (exact) mass is 558 g/mol. The summed E-state index contributed by atoms with van der Waals surface area (Å²) in [6.07, 6.45) is 3.54. The van der Waals surface area contributed by atoms with Gasteiger partial charge in [-0.1, -0.05) is 23.7 Å². The molecule has 0 saturated heterocycles. The number of halogens is 2. The van der Waals surface area contributed by atoms with Gasteiger partial charge in [0, 0.05) is 48.3 Å². The molecule has 0 unspecified atom stereocenters. The van der Waals surface area contributed by atoms with E-state index in [4.69, 9.17) is 16.0 Å². The highest BCUT2D eigenvalue weighted by atomic mass is 35.5. The Morgan fingerprint density at radius 1 is 1.18 bits per heavy atom. The highest BCUT2D eigenvalue weighted by Crippen LogP contribution is 2.33. The number of aromatic nitrogens is 3. The van der Waals surface area contributed by atoms with Gasteiger partial charge in [-0.3, -0.25) is 9.59 Å². The summed E-state index contributed by atoms with van der Waals surface area (Å²) in [5, 5.41) is 14.8. The maximum atomic E-state index is 14.8. The Balaban J connectivity index is 1.32. The van der Waals surface area contributed by atoms with E-state index < -0.39 is 23.8 Å². The van der Waals surface area contributed by atoms with E-state index in [9.17, 15) is 14.0 Å². The number of hydrogen-bond donors (Lipinski definition) is 2. The van der Waals surface area contributed by atoms with Crippen LogP contribution in [0.5, 0.6) is 0 Å². The van der Waals surface area contributed by atoms with Crippen LogP contribution in [0.4, 0.5) is 4.39 Å². The molecule has 3 atom stereocenters. The quantitative estimate of drug-likeness (QED) is 0.439. The Hall–Kier alpha value is -3.15. The lowest BCUT2D eigenvalue weighted by atomic mass is 9.82. The summed E-state index contributed by atoms with van der Waals surface area (Å²) in [4.78, 5) is 33.9. The standard InChI is InChI=1S/C26H28ClFN6O3S/c1-14-32-33-25(37-14)16-5-8-19(29-23(35)18(28)11-15-3-6-17(27)7-4-15)21(12-16)30-24(36)26-31-20-9-10-34(2)13-22(20)38-26/h3-4,6-7,11,16,19,21H,5,8-10,12-13H2,1-2H3,(H,29,35)(H,30,36)/t16-,19-,21+/m0/s1. The van der Waals surface area contributed by atoms with E-state index in [-0.39, 0.29) is 11.8 Å². The molecule has 200 valence electrons. The number of amides is 2. The van der Waals surface area contributed by atoms with Crippen LogP contribution in [0.15, 0.2) is 34.5 Å². The Morgan fingerprint density at radius 3 is 2.71 bits per heavy atom. The number of carbonyl (C=O) groups is 2. The van der Waals surface area contributed by atoms with Crippen molar-refractivity contribution in [1.82, 2.24) is 30.7 Å². The molecule has 1 aromatic carbocycles. The molecular formula is C26H28ClFN6O3S. The number of thiazole rings is 1. The van der Waals surface area contributed by atoms with Crippen LogP contribution >= 0.6 is 22.9 Å². The topological polar surface area (TPSA) is 113 Å². The predicted octanol–water partition coefficient (Wildman–Crippen LogP) is 4.04. The van der Waals surface area contributed by atoms with E-state index in [1.54, 1.807) is 31.2 Å². The molecular weight excluding hydrogens is 531 g/mol. The van der Waals surface area contributed by atoms with Gasteiger partial charge in [-0.2, -0.15) is 0 Å². The van der Waals surface area contributed by atoms with Crippen molar-refractivity contribution in [1.29, 1.82) is 0 Å². The smallest absolute Gasteiger partial charge is 0.280 e. The number of carbonyl (C=O) groups excluding carboxylic acids is 2. The molecule has 9 nitrogen and oxygen atoms in total. The molecule has 38 heavy (non-hydrogen) atoms. The van der Waals surface area contributed by atoms with Crippen LogP contribution in [-0.4, -0.2) is 57.6 Å². The zero-order chi connectivity index (χ0) is 26.8. The highest BCUT2D eigenvalue weighted by Gasteiger charge is 2.36. The largest absolute Gasteiger partial charge is 0.425 e. The average Bonchev–Trinajstić information content (AvgIpc) is 3.52. The third kappa shape index (κ3) is 6.11. The van der Waals surface area contributed by atoms with Crippen LogP contribution in [0.25, 0.3) is 6.08 Å². The summed E-state index contributed by atoms with van der Waals surface area (Å²) >= 11 is 7.27. The third-order valence-electron chi connectivity index (χ3n) is 6.87. The first-order valence-electron chi connectivity index (χ1n) is 12.5. The van der Waals surface area contributed by atoms with Crippen molar-refractivity contribution in [3.63, 3.8) is 0 Å². The van der Waals surface area contributed by atoms with Crippen molar-refractivity contribution < 1.29 is 18.4 Å². The Labute approximate surface area is 228 Å². The van der Waals surface area contributed by atoms with Crippen molar-refractivity contribution in [3.05, 3.63) is 68.0 Å². The number of fused-ring (bicyclic) bond motifs is 1. The Kier molecular flexibility index (Phi) is 7.87. The van der Waals surface area contributed by atoms with Crippen molar-refractivity contribution >= 4 is 40.8 Å². The van der Waals surface area contributed by atoms with Crippen LogP contribution < -0.4 is 10.6 Å². The molecule has 0 bridgehead atoms. The molecule has 3 heterocycles. The van der Waals surface area contributed by atoms with Crippen LogP contribution in [0.2, 0.25) is 5.02 Å². The summed E-state index contributed by atoms with van der Waals surface area (Å²) in [7, 11) is 2.04. The number of hydrogen-bond acceptors (Lipinski definition) is 8.